The third-order valence-corrected chi connectivity index (χ3v) is 3.42. The SMILES string of the molecule is CC1OC(CCl)OC(C)C(C)C1C. The molecule has 0 spiro atoms. The maximum Gasteiger partial charge on any atom is 0.171 e. The first-order valence-electron chi connectivity index (χ1n) is 4.93. The highest BCUT2D eigenvalue weighted by Crippen LogP contribution is 2.28. The van der Waals surface area contributed by atoms with Crippen LogP contribution in [-0.2, 0) is 9.47 Å². The van der Waals surface area contributed by atoms with Gasteiger partial charge in [-0.2, -0.15) is 0 Å². The molecule has 0 aromatic carbocycles. The third-order valence-electron chi connectivity index (χ3n) is 3.17. The van der Waals surface area contributed by atoms with Gasteiger partial charge in [0.05, 0.1) is 18.1 Å². The minimum Gasteiger partial charge on any atom is -0.348 e. The molecule has 4 unspecified atom stereocenters. The normalized spacial score (nSPS) is 47.3. The summed E-state index contributed by atoms with van der Waals surface area (Å²) < 4.78 is 11.3. The van der Waals surface area contributed by atoms with E-state index in [1.165, 1.54) is 0 Å². The highest BCUT2D eigenvalue weighted by atomic mass is 35.5. The van der Waals surface area contributed by atoms with Crippen LogP contribution in [0.25, 0.3) is 0 Å². The van der Waals surface area contributed by atoms with Gasteiger partial charge in [0.15, 0.2) is 6.29 Å². The predicted molar refractivity (Wildman–Crippen MR) is 53.9 cm³/mol. The summed E-state index contributed by atoms with van der Waals surface area (Å²) in [6, 6.07) is 0. The average molecular weight is 207 g/mol. The molecule has 78 valence electrons. The summed E-state index contributed by atoms with van der Waals surface area (Å²) in [5, 5.41) is 0. The summed E-state index contributed by atoms with van der Waals surface area (Å²) in [5.41, 5.74) is 0. The zero-order valence-corrected chi connectivity index (χ0v) is 9.54. The van der Waals surface area contributed by atoms with Crippen LogP contribution in [-0.4, -0.2) is 24.4 Å². The number of hydrogen-bond acceptors (Lipinski definition) is 2. The van der Waals surface area contributed by atoms with Gasteiger partial charge in [0.25, 0.3) is 0 Å². The minimum absolute atomic E-state index is 0.226. The summed E-state index contributed by atoms with van der Waals surface area (Å²) in [6.45, 7) is 8.57. The lowest BCUT2D eigenvalue weighted by Crippen LogP contribution is -2.26. The zero-order chi connectivity index (χ0) is 10.0. The first-order chi connectivity index (χ1) is 6.06. The van der Waals surface area contributed by atoms with Crippen molar-refractivity contribution in [3.63, 3.8) is 0 Å². The molecule has 0 radical (unpaired) electrons. The monoisotopic (exact) mass is 206 g/mol. The van der Waals surface area contributed by atoms with Gasteiger partial charge >= 0.3 is 0 Å². The smallest absolute Gasteiger partial charge is 0.171 e. The largest absolute Gasteiger partial charge is 0.348 e. The summed E-state index contributed by atoms with van der Waals surface area (Å²) in [6.07, 6.45) is 0.214. The summed E-state index contributed by atoms with van der Waals surface area (Å²) in [7, 11) is 0. The van der Waals surface area contributed by atoms with Crippen LogP contribution in [0.3, 0.4) is 0 Å². The van der Waals surface area contributed by atoms with Gasteiger partial charge in [0.1, 0.15) is 0 Å². The van der Waals surface area contributed by atoms with Crippen LogP contribution in [0.5, 0.6) is 0 Å². The molecule has 2 nitrogen and oxygen atoms in total. The van der Waals surface area contributed by atoms with Crippen molar-refractivity contribution < 1.29 is 9.47 Å². The Bertz CT molecular complexity index is 147. The van der Waals surface area contributed by atoms with Crippen molar-refractivity contribution in [1.29, 1.82) is 0 Å². The van der Waals surface area contributed by atoms with Crippen LogP contribution >= 0.6 is 11.6 Å². The molecule has 0 bridgehead atoms. The molecule has 1 saturated heterocycles. The molecule has 0 N–H and O–H groups in total. The molecule has 1 rings (SSSR count). The van der Waals surface area contributed by atoms with E-state index in [1.54, 1.807) is 0 Å². The lowest BCUT2D eigenvalue weighted by Gasteiger charge is -2.23. The van der Waals surface area contributed by atoms with E-state index >= 15 is 0 Å². The summed E-state index contributed by atoms with van der Waals surface area (Å²) in [4.78, 5) is 0. The molecule has 1 aliphatic rings. The van der Waals surface area contributed by atoms with E-state index in [9.17, 15) is 0 Å². The first-order valence-corrected chi connectivity index (χ1v) is 5.46. The number of hydrogen-bond donors (Lipinski definition) is 0. The second kappa shape index (κ2) is 4.63. The van der Waals surface area contributed by atoms with E-state index < -0.39 is 0 Å². The fourth-order valence-corrected chi connectivity index (χ4v) is 1.83. The van der Waals surface area contributed by atoms with E-state index in [0.29, 0.717) is 17.7 Å². The Morgan fingerprint density at radius 3 is 1.62 bits per heavy atom. The van der Waals surface area contributed by atoms with Crippen molar-refractivity contribution >= 4 is 11.6 Å². The molecule has 1 aliphatic heterocycles. The Balaban J connectivity index is 2.66. The van der Waals surface area contributed by atoms with Crippen molar-refractivity contribution in [2.75, 3.05) is 5.88 Å². The van der Waals surface area contributed by atoms with Gasteiger partial charge in [-0.25, -0.2) is 0 Å². The number of alkyl halides is 1. The molecule has 0 aromatic rings. The van der Waals surface area contributed by atoms with Crippen LogP contribution in [0.2, 0.25) is 0 Å². The summed E-state index contributed by atoms with van der Waals surface area (Å²) in [5.74, 6) is 1.44. The Labute approximate surface area is 85.5 Å². The molecular formula is C10H19ClO2. The zero-order valence-electron chi connectivity index (χ0n) is 8.79. The van der Waals surface area contributed by atoms with Crippen LogP contribution in [0.4, 0.5) is 0 Å². The summed E-state index contributed by atoms with van der Waals surface area (Å²) >= 11 is 5.73. The van der Waals surface area contributed by atoms with Crippen LogP contribution in [0, 0.1) is 11.8 Å². The number of rotatable bonds is 1. The Morgan fingerprint density at radius 1 is 0.923 bits per heavy atom. The molecule has 0 amide bonds. The molecule has 1 fully saturated rings. The van der Waals surface area contributed by atoms with Crippen molar-refractivity contribution in [2.24, 2.45) is 11.8 Å². The van der Waals surface area contributed by atoms with E-state index in [-0.39, 0.29) is 18.5 Å². The fourth-order valence-electron chi connectivity index (χ4n) is 1.69. The molecule has 0 aliphatic carbocycles. The lowest BCUT2D eigenvalue weighted by atomic mass is 9.88. The van der Waals surface area contributed by atoms with Crippen molar-refractivity contribution in [2.45, 2.75) is 46.2 Å². The van der Waals surface area contributed by atoms with Crippen LogP contribution < -0.4 is 0 Å². The Morgan fingerprint density at radius 2 is 1.31 bits per heavy atom. The number of halogens is 1. The maximum atomic E-state index is 5.73. The van der Waals surface area contributed by atoms with Gasteiger partial charge in [-0.05, 0) is 25.7 Å². The van der Waals surface area contributed by atoms with Gasteiger partial charge < -0.3 is 9.47 Å². The maximum absolute atomic E-state index is 5.73. The molecule has 0 aromatic heterocycles. The topological polar surface area (TPSA) is 18.5 Å². The quantitative estimate of drug-likeness (QED) is 0.615. The van der Waals surface area contributed by atoms with E-state index in [4.69, 9.17) is 21.1 Å². The van der Waals surface area contributed by atoms with E-state index in [0.717, 1.165) is 0 Å². The second-order valence-corrected chi connectivity index (χ2v) is 4.29. The first kappa shape index (κ1) is 11.3. The van der Waals surface area contributed by atoms with Crippen LogP contribution in [0.15, 0.2) is 0 Å². The average Bonchev–Trinajstić information content (AvgIpc) is 2.20. The number of ether oxygens (including phenoxy) is 2. The van der Waals surface area contributed by atoms with Crippen molar-refractivity contribution in [1.82, 2.24) is 0 Å². The van der Waals surface area contributed by atoms with Crippen molar-refractivity contribution in [3.05, 3.63) is 0 Å². The van der Waals surface area contributed by atoms with Crippen LogP contribution in [0.1, 0.15) is 27.7 Å². The van der Waals surface area contributed by atoms with Gasteiger partial charge in [-0.15, -0.1) is 11.6 Å². The molecule has 13 heavy (non-hydrogen) atoms. The lowest BCUT2D eigenvalue weighted by molar-refractivity contribution is -0.159. The van der Waals surface area contributed by atoms with Gasteiger partial charge in [-0.3, -0.25) is 0 Å². The van der Waals surface area contributed by atoms with Gasteiger partial charge in [0.2, 0.25) is 0 Å². The van der Waals surface area contributed by atoms with Gasteiger partial charge in [0, 0.05) is 0 Å². The molecule has 1 heterocycles. The highest BCUT2D eigenvalue weighted by molar-refractivity contribution is 6.18. The minimum atomic E-state index is -0.237. The highest BCUT2D eigenvalue weighted by Gasteiger charge is 2.32. The third kappa shape index (κ3) is 2.58. The Hall–Kier alpha value is 0.210. The molecule has 0 saturated carbocycles. The Kier molecular flexibility index (Phi) is 4.02. The van der Waals surface area contributed by atoms with Crippen molar-refractivity contribution in [3.8, 4) is 0 Å². The molecule has 3 heteroatoms. The molecule has 4 atom stereocenters. The fraction of sp³-hybridized carbons (Fsp3) is 1.00. The molecular weight excluding hydrogens is 188 g/mol. The van der Waals surface area contributed by atoms with E-state index in [1.807, 2.05) is 0 Å². The predicted octanol–water partition coefficient (Wildman–Crippen LogP) is 2.65. The van der Waals surface area contributed by atoms with E-state index in [2.05, 4.69) is 27.7 Å². The standard InChI is InChI=1S/C10H19ClO2/c1-6-7(2)9(4)13-10(5-11)12-8(6)3/h6-10H,5H2,1-4H3. The van der Waals surface area contributed by atoms with Gasteiger partial charge in [-0.1, -0.05) is 13.8 Å². The second-order valence-electron chi connectivity index (χ2n) is 3.98.